The Bertz CT molecular complexity index is 1080. The third-order valence-corrected chi connectivity index (χ3v) is 5.24. The number of hydrogen-bond donors (Lipinski definition) is 2. The molecule has 3 rings (SSSR count). The van der Waals surface area contributed by atoms with Gasteiger partial charge in [0.05, 0.1) is 28.2 Å². The van der Waals surface area contributed by atoms with E-state index in [1.807, 2.05) is 20.8 Å². The molecule has 0 bridgehead atoms. The molecule has 6 nitrogen and oxygen atoms in total. The summed E-state index contributed by atoms with van der Waals surface area (Å²) in [7, 11) is 0. The van der Waals surface area contributed by atoms with Gasteiger partial charge in [0.1, 0.15) is 0 Å². The first-order valence-corrected chi connectivity index (χ1v) is 10.7. The minimum Gasteiger partial charge on any atom is -0.379 e. The number of rotatable bonds is 6. The minimum absolute atomic E-state index is 0.0537. The summed E-state index contributed by atoms with van der Waals surface area (Å²) in [5.74, 6) is -0.241. The summed E-state index contributed by atoms with van der Waals surface area (Å²) in [6.07, 6.45) is -1.08. The topological polar surface area (TPSA) is 71.8 Å². The highest BCUT2D eigenvalue weighted by atomic mass is 35.5. The SMILES string of the molecule is CC1=C(NCc2cc(C(F)(F)F)nn2-c2ncccc2Cl)C(C(=O)NC(C)C)=CC(Cl)C1. The third-order valence-electron chi connectivity index (χ3n) is 4.67. The molecule has 1 atom stereocenters. The van der Waals surface area contributed by atoms with Crippen LogP contribution in [0, 0.1) is 0 Å². The van der Waals surface area contributed by atoms with Crippen LogP contribution >= 0.6 is 23.2 Å². The molecule has 0 saturated carbocycles. The van der Waals surface area contributed by atoms with Crippen molar-refractivity contribution in [2.24, 2.45) is 0 Å². The van der Waals surface area contributed by atoms with E-state index in [1.165, 1.54) is 12.3 Å². The summed E-state index contributed by atoms with van der Waals surface area (Å²) in [5.41, 5.74) is 0.794. The zero-order valence-corrected chi connectivity index (χ0v) is 19.1. The normalized spacial score (nSPS) is 16.9. The lowest BCUT2D eigenvalue weighted by Gasteiger charge is -2.24. The van der Waals surface area contributed by atoms with Crippen LogP contribution in [0.4, 0.5) is 13.2 Å². The molecule has 2 N–H and O–H groups in total. The lowest BCUT2D eigenvalue weighted by Crippen LogP contribution is -2.35. The number of pyridine rings is 1. The number of alkyl halides is 4. The second-order valence-electron chi connectivity index (χ2n) is 7.68. The van der Waals surface area contributed by atoms with Gasteiger partial charge >= 0.3 is 6.18 Å². The molecule has 1 aliphatic rings. The standard InChI is InChI=1S/C21H22Cl2F3N5O/c1-11(2)29-20(32)15-8-13(22)7-12(3)18(15)28-10-14-9-17(21(24,25)26)30-31(14)19-16(23)5-4-6-27-19/h4-6,8-9,11,13,28H,7,10H2,1-3H3,(H,29,32). The van der Waals surface area contributed by atoms with E-state index in [-0.39, 0.29) is 40.4 Å². The van der Waals surface area contributed by atoms with Crippen molar-refractivity contribution in [3.8, 4) is 5.82 Å². The number of amides is 1. The summed E-state index contributed by atoms with van der Waals surface area (Å²) in [6, 6.07) is 3.92. The van der Waals surface area contributed by atoms with Gasteiger partial charge in [0.15, 0.2) is 11.5 Å². The van der Waals surface area contributed by atoms with Crippen LogP contribution in [0.5, 0.6) is 0 Å². The maximum Gasteiger partial charge on any atom is 0.435 e. The van der Waals surface area contributed by atoms with Gasteiger partial charge in [0, 0.05) is 17.9 Å². The number of carbonyl (C=O) groups excluding carboxylic acids is 1. The molecular weight excluding hydrogens is 466 g/mol. The second-order valence-corrected chi connectivity index (χ2v) is 8.64. The number of halogens is 5. The number of allylic oxidation sites excluding steroid dienone is 2. The van der Waals surface area contributed by atoms with Gasteiger partial charge in [0.25, 0.3) is 5.91 Å². The Morgan fingerprint density at radius 1 is 1.38 bits per heavy atom. The molecule has 0 saturated heterocycles. The van der Waals surface area contributed by atoms with E-state index >= 15 is 0 Å². The summed E-state index contributed by atoms with van der Waals surface area (Å²) < 4.78 is 41.1. The first-order chi connectivity index (χ1) is 15.0. The van der Waals surface area contributed by atoms with E-state index in [1.54, 1.807) is 12.1 Å². The summed E-state index contributed by atoms with van der Waals surface area (Å²) in [5, 5.41) is 9.39. The molecule has 0 spiro atoms. The van der Waals surface area contributed by atoms with Crippen molar-refractivity contribution in [2.75, 3.05) is 0 Å². The molecule has 32 heavy (non-hydrogen) atoms. The van der Waals surface area contributed by atoms with Crippen molar-refractivity contribution in [2.45, 2.75) is 51.3 Å². The van der Waals surface area contributed by atoms with E-state index in [9.17, 15) is 18.0 Å². The first kappa shape index (κ1) is 24.1. The fourth-order valence-electron chi connectivity index (χ4n) is 3.30. The summed E-state index contributed by atoms with van der Waals surface area (Å²) in [4.78, 5) is 16.8. The largest absolute Gasteiger partial charge is 0.435 e. The van der Waals surface area contributed by atoms with Gasteiger partial charge in [-0.1, -0.05) is 17.7 Å². The van der Waals surface area contributed by atoms with Crippen molar-refractivity contribution < 1.29 is 18.0 Å². The van der Waals surface area contributed by atoms with Crippen LogP contribution in [-0.2, 0) is 17.5 Å². The zero-order chi connectivity index (χ0) is 23.6. The molecule has 1 unspecified atom stereocenters. The predicted octanol–water partition coefficient (Wildman–Crippen LogP) is 4.77. The summed E-state index contributed by atoms with van der Waals surface area (Å²) in [6.45, 7) is 5.43. The van der Waals surface area contributed by atoms with Crippen molar-refractivity contribution in [3.05, 3.63) is 63.7 Å². The van der Waals surface area contributed by atoms with Crippen LogP contribution in [0.1, 0.15) is 38.6 Å². The fourth-order valence-corrected chi connectivity index (χ4v) is 3.86. The van der Waals surface area contributed by atoms with Gasteiger partial charge in [-0.15, -0.1) is 11.6 Å². The maximum atomic E-state index is 13.4. The second kappa shape index (κ2) is 9.54. The highest BCUT2D eigenvalue weighted by Gasteiger charge is 2.35. The smallest absolute Gasteiger partial charge is 0.379 e. The number of aromatic nitrogens is 3. The Kier molecular flexibility index (Phi) is 7.19. The predicted molar refractivity (Wildman–Crippen MR) is 117 cm³/mol. The molecule has 2 aromatic rings. The van der Waals surface area contributed by atoms with Crippen molar-refractivity contribution in [1.82, 2.24) is 25.4 Å². The highest BCUT2D eigenvalue weighted by molar-refractivity contribution is 6.32. The van der Waals surface area contributed by atoms with Crippen molar-refractivity contribution in [1.29, 1.82) is 0 Å². The average Bonchev–Trinajstić information content (AvgIpc) is 3.11. The zero-order valence-electron chi connectivity index (χ0n) is 17.6. The lowest BCUT2D eigenvalue weighted by atomic mass is 9.95. The Hall–Kier alpha value is -2.52. The highest BCUT2D eigenvalue weighted by Crippen LogP contribution is 2.31. The van der Waals surface area contributed by atoms with Crippen LogP contribution < -0.4 is 10.6 Å². The molecule has 0 aliphatic heterocycles. The quantitative estimate of drug-likeness (QED) is 0.575. The van der Waals surface area contributed by atoms with Crippen LogP contribution in [0.25, 0.3) is 5.82 Å². The van der Waals surface area contributed by atoms with Crippen LogP contribution in [-0.4, -0.2) is 32.1 Å². The molecule has 0 radical (unpaired) electrons. The Morgan fingerprint density at radius 3 is 2.72 bits per heavy atom. The molecule has 1 aliphatic carbocycles. The first-order valence-electron chi connectivity index (χ1n) is 9.85. The molecule has 172 valence electrons. The van der Waals surface area contributed by atoms with E-state index in [4.69, 9.17) is 23.2 Å². The Morgan fingerprint density at radius 2 is 2.09 bits per heavy atom. The molecule has 0 aromatic carbocycles. The number of nitrogens with zero attached hydrogens (tertiary/aromatic N) is 3. The molecule has 2 aromatic heterocycles. The lowest BCUT2D eigenvalue weighted by molar-refractivity contribution is -0.141. The maximum absolute atomic E-state index is 13.4. The van der Waals surface area contributed by atoms with Crippen molar-refractivity contribution in [3.63, 3.8) is 0 Å². The van der Waals surface area contributed by atoms with Crippen LogP contribution in [0.2, 0.25) is 5.02 Å². The third kappa shape index (κ3) is 5.45. The monoisotopic (exact) mass is 487 g/mol. The van der Waals surface area contributed by atoms with Gasteiger partial charge in [0.2, 0.25) is 0 Å². The van der Waals surface area contributed by atoms with E-state index in [2.05, 4.69) is 20.7 Å². The van der Waals surface area contributed by atoms with Gasteiger partial charge in [-0.3, -0.25) is 4.79 Å². The van der Waals surface area contributed by atoms with Gasteiger partial charge in [-0.05, 0) is 51.0 Å². The Labute approximate surface area is 193 Å². The average molecular weight is 488 g/mol. The van der Waals surface area contributed by atoms with Gasteiger partial charge in [-0.25, -0.2) is 9.67 Å². The summed E-state index contributed by atoms with van der Waals surface area (Å²) >= 11 is 12.4. The molecule has 0 fully saturated rings. The van der Waals surface area contributed by atoms with E-state index in [0.29, 0.717) is 17.7 Å². The number of hydrogen-bond acceptors (Lipinski definition) is 4. The fraction of sp³-hybridized carbons (Fsp3) is 0.381. The van der Waals surface area contributed by atoms with E-state index < -0.39 is 11.9 Å². The van der Waals surface area contributed by atoms with Gasteiger partial charge in [-0.2, -0.15) is 18.3 Å². The Balaban J connectivity index is 1.95. The molecule has 2 heterocycles. The molecule has 11 heteroatoms. The minimum atomic E-state index is -4.64. The molecular formula is C21H22Cl2F3N5O. The van der Waals surface area contributed by atoms with Crippen LogP contribution in [0.15, 0.2) is 47.3 Å². The number of nitrogens with one attached hydrogen (secondary N) is 2. The molecule has 1 amide bonds. The van der Waals surface area contributed by atoms with E-state index in [0.717, 1.165) is 16.3 Å². The van der Waals surface area contributed by atoms with Gasteiger partial charge < -0.3 is 10.6 Å². The van der Waals surface area contributed by atoms with Crippen LogP contribution in [0.3, 0.4) is 0 Å². The number of carbonyl (C=O) groups is 1. The van der Waals surface area contributed by atoms with Crippen molar-refractivity contribution >= 4 is 29.1 Å².